The summed E-state index contributed by atoms with van der Waals surface area (Å²) in [6, 6.07) is 17.2. The fourth-order valence-corrected chi connectivity index (χ4v) is 4.23. The zero-order valence-electron chi connectivity index (χ0n) is 22.5. The van der Waals surface area contributed by atoms with Crippen molar-refractivity contribution >= 4 is 23.2 Å². The number of amides is 2. The quantitative estimate of drug-likeness (QED) is 0.215. The molecule has 1 heterocycles. The zero-order chi connectivity index (χ0) is 26.5. The molecule has 0 saturated carbocycles. The second kappa shape index (κ2) is 14.9. The molecule has 37 heavy (non-hydrogen) atoms. The maximum atomic E-state index is 13.2. The Morgan fingerprint density at radius 2 is 1.65 bits per heavy atom. The van der Waals surface area contributed by atoms with Crippen molar-refractivity contribution in [3.8, 4) is 0 Å². The lowest BCUT2D eigenvalue weighted by Crippen LogP contribution is -2.30. The number of carbonyl (C=O) groups excluding carboxylic acids is 2. The number of nitrogens with one attached hydrogen (secondary N) is 2. The van der Waals surface area contributed by atoms with Crippen LogP contribution in [0.1, 0.15) is 91.3 Å². The first kappa shape index (κ1) is 28.0. The summed E-state index contributed by atoms with van der Waals surface area (Å²) in [5.41, 5.74) is 3.81. The van der Waals surface area contributed by atoms with E-state index in [-0.39, 0.29) is 11.8 Å². The molecule has 2 amide bonds. The van der Waals surface area contributed by atoms with E-state index in [1.807, 2.05) is 55.5 Å². The number of unbranched alkanes of at least 4 members (excludes halogenated alkanes) is 3. The first-order valence-electron chi connectivity index (χ1n) is 13.7. The number of nitrogens with zero attached hydrogens (tertiary/aromatic N) is 1. The first-order chi connectivity index (χ1) is 18.0. The third-order valence-electron chi connectivity index (χ3n) is 6.37. The van der Waals surface area contributed by atoms with Gasteiger partial charge in [-0.2, -0.15) is 0 Å². The lowest BCUT2D eigenvalue weighted by atomic mass is 10.0. The highest BCUT2D eigenvalue weighted by Crippen LogP contribution is 2.27. The Hall–Kier alpha value is -3.54. The van der Waals surface area contributed by atoms with E-state index in [9.17, 15) is 9.59 Å². The van der Waals surface area contributed by atoms with Crippen LogP contribution in [0.3, 0.4) is 0 Å². The summed E-state index contributed by atoms with van der Waals surface area (Å²) in [6.45, 7) is 8.32. The van der Waals surface area contributed by atoms with Gasteiger partial charge in [0.1, 0.15) is 5.76 Å². The van der Waals surface area contributed by atoms with E-state index in [0.29, 0.717) is 29.9 Å². The van der Waals surface area contributed by atoms with E-state index >= 15 is 0 Å². The lowest BCUT2D eigenvalue weighted by Gasteiger charge is -2.26. The molecule has 3 aromatic rings. The second-order valence-corrected chi connectivity index (χ2v) is 9.45. The van der Waals surface area contributed by atoms with E-state index < -0.39 is 0 Å². The van der Waals surface area contributed by atoms with Gasteiger partial charge in [-0.1, -0.05) is 52.2 Å². The third kappa shape index (κ3) is 8.52. The van der Waals surface area contributed by atoms with Crippen molar-refractivity contribution in [2.75, 3.05) is 23.3 Å². The van der Waals surface area contributed by atoms with E-state index in [0.717, 1.165) is 50.1 Å². The highest BCUT2D eigenvalue weighted by molar-refractivity contribution is 6.06. The smallest absolute Gasteiger partial charge is 0.255 e. The molecule has 6 heteroatoms. The molecule has 0 aliphatic heterocycles. The summed E-state index contributed by atoms with van der Waals surface area (Å²) < 4.78 is 5.59. The van der Waals surface area contributed by atoms with Gasteiger partial charge in [0.05, 0.1) is 24.1 Å². The molecule has 0 aliphatic rings. The van der Waals surface area contributed by atoms with Crippen LogP contribution in [0.15, 0.2) is 65.3 Å². The number of rotatable bonds is 15. The Labute approximate surface area is 221 Å². The highest BCUT2D eigenvalue weighted by atomic mass is 16.3. The molecule has 0 unspecified atom stereocenters. The van der Waals surface area contributed by atoms with Crippen LogP contribution in [0.4, 0.5) is 11.4 Å². The topological polar surface area (TPSA) is 74.6 Å². The molecule has 198 valence electrons. The molecule has 1 aromatic heterocycles. The minimum atomic E-state index is -0.189. The van der Waals surface area contributed by atoms with Crippen LogP contribution in [-0.2, 0) is 13.0 Å². The third-order valence-corrected chi connectivity index (χ3v) is 6.37. The molecule has 3 rings (SSSR count). The SMILES string of the molecule is CCCCCc1ccc(C(=O)Nc2ccc(N(CCCC)Cc3ccco3)c(C(=O)NCCC)c2)cc1. The van der Waals surface area contributed by atoms with Crippen LogP contribution in [-0.4, -0.2) is 24.9 Å². The fraction of sp³-hybridized carbons (Fsp3) is 0.419. The standard InChI is InChI=1S/C31H41N3O3/c1-4-7-9-11-24-13-15-25(16-14-24)30(35)33-26-17-18-29(28(22-26)31(36)32-19-6-3)34(20-8-5-2)23-27-12-10-21-37-27/h10,12-18,21-22H,4-9,11,19-20,23H2,1-3H3,(H,32,36)(H,33,35). The Balaban J connectivity index is 1.82. The average Bonchev–Trinajstić information content (AvgIpc) is 3.43. The maximum Gasteiger partial charge on any atom is 0.255 e. The molecule has 0 saturated heterocycles. The number of hydrogen-bond acceptors (Lipinski definition) is 4. The molecule has 0 atom stereocenters. The Morgan fingerprint density at radius 1 is 0.865 bits per heavy atom. The summed E-state index contributed by atoms with van der Waals surface area (Å²) in [5, 5.41) is 5.98. The molecule has 0 radical (unpaired) electrons. The number of aryl methyl sites for hydroxylation is 1. The summed E-state index contributed by atoms with van der Waals surface area (Å²) >= 11 is 0. The first-order valence-corrected chi connectivity index (χ1v) is 13.7. The van der Waals surface area contributed by atoms with Gasteiger partial charge in [0.15, 0.2) is 0 Å². The van der Waals surface area contributed by atoms with E-state index in [1.54, 1.807) is 12.3 Å². The van der Waals surface area contributed by atoms with Crippen molar-refractivity contribution in [1.82, 2.24) is 5.32 Å². The Morgan fingerprint density at radius 3 is 2.32 bits per heavy atom. The average molecular weight is 504 g/mol. The molecule has 2 N–H and O–H groups in total. The molecular weight excluding hydrogens is 462 g/mol. The van der Waals surface area contributed by atoms with Gasteiger partial charge in [-0.3, -0.25) is 9.59 Å². The molecule has 0 aliphatic carbocycles. The van der Waals surface area contributed by atoms with Crippen LogP contribution in [0.2, 0.25) is 0 Å². The minimum Gasteiger partial charge on any atom is -0.467 e. The van der Waals surface area contributed by atoms with Crippen LogP contribution >= 0.6 is 0 Å². The summed E-state index contributed by atoms with van der Waals surface area (Å²) in [5.74, 6) is 0.503. The highest BCUT2D eigenvalue weighted by Gasteiger charge is 2.19. The van der Waals surface area contributed by atoms with Gasteiger partial charge in [-0.05, 0) is 73.7 Å². The summed E-state index contributed by atoms with van der Waals surface area (Å²) in [6.07, 6.45) is 9.13. The number of furan rings is 1. The fourth-order valence-electron chi connectivity index (χ4n) is 4.23. The van der Waals surface area contributed by atoms with Crippen LogP contribution in [0.25, 0.3) is 0 Å². The number of hydrogen-bond donors (Lipinski definition) is 2. The van der Waals surface area contributed by atoms with Crippen LogP contribution in [0, 0.1) is 0 Å². The zero-order valence-corrected chi connectivity index (χ0v) is 22.5. The predicted octanol–water partition coefficient (Wildman–Crippen LogP) is 7.21. The Kier molecular flexibility index (Phi) is 11.3. The monoisotopic (exact) mass is 503 g/mol. The molecule has 2 aromatic carbocycles. The van der Waals surface area contributed by atoms with E-state index in [4.69, 9.17) is 4.42 Å². The molecule has 0 bridgehead atoms. The molecular formula is C31H41N3O3. The number of benzene rings is 2. The van der Waals surface area contributed by atoms with Crippen molar-refractivity contribution < 1.29 is 14.0 Å². The number of anilines is 2. The lowest BCUT2D eigenvalue weighted by molar-refractivity contribution is 0.0952. The molecule has 0 spiro atoms. The van der Waals surface area contributed by atoms with Crippen molar-refractivity contribution in [2.45, 2.75) is 72.3 Å². The van der Waals surface area contributed by atoms with Gasteiger partial charge in [-0.15, -0.1) is 0 Å². The van der Waals surface area contributed by atoms with Gasteiger partial charge in [-0.25, -0.2) is 0 Å². The van der Waals surface area contributed by atoms with Crippen LogP contribution < -0.4 is 15.5 Å². The van der Waals surface area contributed by atoms with Gasteiger partial charge in [0, 0.05) is 24.3 Å². The van der Waals surface area contributed by atoms with Gasteiger partial charge >= 0.3 is 0 Å². The van der Waals surface area contributed by atoms with Gasteiger partial charge < -0.3 is 20.0 Å². The van der Waals surface area contributed by atoms with Crippen molar-refractivity contribution in [3.05, 3.63) is 83.3 Å². The van der Waals surface area contributed by atoms with Gasteiger partial charge in [0.25, 0.3) is 11.8 Å². The van der Waals surface area contributed by atoms with Gasteiger partial charge in [0.2, 0.25) is 0 Å². The second-order valence-electron chi connectivity index (χ2n) is 9.45. The van der Waals surface area contributed by atoms with Crippen molar-refractivity contribution in [1.29, 1.82) is 0 Å². The Bertz CT molecular complexity index is 1110. The van der Waals surface area contributed by atoms with Crippen LogP contribution in [0.5, 0.6) is 0 Å². The maximum absolute atomic E-state index is 13.2. The predicted molar refractivity (Wildman–Crippen MR) is 151 cm³/mol. The van der Waals surface area contributed by atoms with E-state index in [1.165, 1.54) is 18.4 Å². The largest absolute Gasteiger partial charge is 0.467 e. The normalized spacial score (nSPS) is 10.8. The molecule has 0 fully saturated rings. The summed E-state index contributed by atoms with van der Waals surface area (Å²) in [4.78, 5) is 28.3. The summed E-state index contributed by atoms with van der Waals surface area (Å²) in [7, 11) is 0. The molecule has 6 nitrogen and oxygen atoms in total. The minimum absolute atomic E-state index is 0.148. The van der Waals surface area contributed by atoms with Crippen molar-refractivity contribution in [3.63, 3.8) is 0 Å². The van der Waals surface area contributed by atoms with Crippen molar-refractivity contribution in [2.24, 2.45) is 0 Å². The number of carbonyl (C=O) groups is 2. The van der Waals surface area contributed by atoms with E-state index in [2.05, 4.69) is 29.4 Å².